The number of carbonyl (C=O) groups is 1. The fraction of sp³-hybridized carbons (Fsp3) is 0.379. The Labute approximate surface area is 233 Å². The first-order valence-electron chi connectivity index (χ1n) is 12.9. The van der Waals surface area contributed by atoms with Gasteiger partial charge in [0.15, 0.2) is 0 Å². The second-order valence-electron chi connectivity index (χ2n) is 9.81. The molecule has 1 aliphatic rings. The molecule has 0 radical (unpaired) electrons. The average Bonchev–Trinajstić information content (AvgIpc) is 2.93. The van der Waals surface area contributed by atoms with Crippen LogP contribution in [0.1, 0.15) is 23.6 Å². The number of esters is 1. The predicted molar refractivity (Wildman–Crippen MR) is 138 cm³/mol. The monoisotopic (exact) mass is 581 g/mol. The second kappa shape index (κ2) is 12.2. The highest BCUT2D eigenvalue weighted by atomic mass is 19.4. The first kappa shape index (κ1) is 30.5. The molecule has 1 aromatic heterocycles. The zero-order valence-electron chi connectivity index (χ0n) is 22.1. The maximum Gasteiger partial charge on any atom is 0.430 e. The minimum atomic E-state index is -5.94. The molecule has 1 fully saturated rings. The van der Waals surface area contributed by atoms with Crippen LogP contribution in [0.25, 0.3) is 11.1 Å². The Morgan fingerprint density at radius 2 is 1.39 bits per heavy atom. The molecule has 1 N–H and O–H groups in total. The van der Waals surface area contributed by atoms with Crippen molar-refractivity contribution in [1.29, 1.82) is 0 Å². The van der Waals surface area contributed by atoms with Crippen LogP contribution in [0.4, 0.5) is 26.3 Å². The Morgan fingerprint density at radius 1 is 0.854 bits per heavy atom. The average molecular weight is 582 g/mol. The van der Waals surface area contributed by atoms with E-state index in [1.165, 1.54) is 0 Å². The number of aliphatic hydroxyl groups is 1. The van der Waals surface area contributed by atoms with Crippen molar-refractivity contribution >= 4 is 5.97 Å². The molecule has 41 heavy (non-hydrogen) atoms. The second-order valence-corrected chi connectivity index (χ2v) is 9.81. The van der Waals surface area contributed by atoms with Gasteiger partial charge in [0.2, 0.25) is 0 Å². The molecule has 1 unspecified atom stereocenters. The van der Waals surface area contributed by atoms with Gasteiger partial charge in [-0.2, -0.15) is 26.3 Å². The van der Waals surface area contributed by atoms with E-state index in [0.29, 0.717) is 56.0 Å². The molecule has 2 heterocycles. The summed E-state index contributed by atoms with van der Waals surface area (Å²) in [7, 11) is 0. The van der Waals surface area contributed by atoms with E-state index in [4.69, 9.17) is 4.74 Å². The Balaban J connectivity index is 1.44. The summed E-state index contributed by atoms with van der Waals surface area (Å²) in [5.41, 5.74) is -3.36. The number of alkyl halides is 6. The zero-order valence-corrected chi connectivity index (χ0v) is 22.1. The minimum Gasteiger partial charge on any atom is -0.465 e. The number of rotatable bonds is 8. The lowest BCUT2D eigenvalue weighted by Gasteiger charge is -2.40. The third-order valence-electron chi connectivity index (χ3n) is 7.09. The molecule has 220 valence electrons. The SMILES string of the molecule is CCOC(=O)C1CN(Cc2ccc(-c3ccc(C(O)(C(F)(F)F)C(F)(F)F)cc3)cc2)CCN1Cc1ccncc1. The van der Waals surface area contributed by atoms with Gasteiger partial charge in [-0.1, -0.05) is 48.5 Å². The number of aromatic nitrogens is 1. The maximum atomic E-state index is 13.2. The third-order valence-corrected chi connectivity index (χ3v) is 7.09. The molecule has 1 saturated heterocycles. The highest BCUT2D eigenvalue weighted by Crippen LogP contribution is 2.50. The van der Waals surface area contributed by atoms with Gasteiger partial charge in [0.1, 0.15) is 6.04 Å². The predicted octanol–water partition coefficient (Wildman–Crippen LogP) is 5.31. The summed E-state index contributed by atoms with van der Waals surface area (Å²) in [5, 5.41) is 9.59. The molecule has 1 atom stereocenters. The molecule has 1 aliphatic heterocycles. The number of pyridine rings is 1. The van der Waals surface area contributed by atoms with E-state index in [1.54, 1.807) is 31.5 Å². The van der Waals surface area contributed by atoms with Crippen molar-refractivity contribution in [3.05, 3.63) is 89.7 Å². The first-order chi connectivity index (χ1) is 19.3. The number of ether oxygens (including phenoxy) is 1. The number of hydrogen-bond acceptors (Lipinski definition) is 6. The summed E-state index contributed by atoms with van der Waals surface area (Å²) in [5.74, 6) is -0.298. The summed E-state index contributed by atoms with van der Waals surface area (Å²) >= 11 is 0. The van der Waals surface area contributed by atoms with Gasteiger partial charge in [-0.15, -0.1) is 0 Å². The maximum absolute atomic E-state index is 13.2. The van der Waals surface area contributed by atoms with Crippen LogP contribution in [0.2, 0.25) is 0 Å². The summed E-state index contributed by atoms with van der Waals surface area (Å²) < 4.78 is 84.3. The van der Waals surface area contributed by atoms with Crippen molar-refractivity contribution in [2.24, 2.45) is 0 Å². The number of nitrogens with zero attached hydrogens (tertiary/aromatic N) is 3. The molecule has 12 heteroatoms. The number of benzene rings is 2. The lowest BCUT2D eigenvalue weighted by Crippen LogP contribution is -2.56. The Kier molecular flexibility index (Phi) is 9.05. The van der Waals surface area contributed by atoms with Crippen LogP contribution in [0.3, 0.4) is 0 Å². The zero-order chi connectivity index (χ0) is 29.8. The van der Waals surface area contributed by atoms with Gasteiger partial charge in [-0.25, -0.2) is 0 Å². The van der Waals surface area contributed by atoms with Crippen LogP contribution in [-0.4, -0.2) is 70.5 Å². The highest BCUT2D eigenvalue weighted by Gasteiger charge is 2.71. The van der Waals surface area contributed by atoms with Gasteiger partial charge >= 0.3 is 18.3 Å². The van der Waals surface area contributed by atoms with Gasteiger partial charge in [0.25, 0.3) is 5.60 Å². The smallest absolute Gasteiger partial charge is 0.430 e. The van der Waals surface area contributed by atoms with Crippen molar-refractivity contribution in [3.63, 3.8) is 0 Å². The van der Waals surface area contributed by atoms with Crippen LogP contribution in [0, 0.1) is 0 Å². The molecule has 2 aromatic carbocycles. The molecule has 3 aromatic rings. The van der Waals surface area contributed by atoms with Crippen LogP contribution in [0.15, 0.2) is 73.1 Å². The molecule has 0 spiro atoms. The van der Waals surface area contributed by atoms with Gasteiger partial charge < -0.3 is 9.84 Å². The highest BCUT2D eigenvalue weighted by molar-refractivity contribution is 5.76. The van der Waals surface area contributed by atoms with Crippen molar-refractivity contribution in [2.75, 3.05) is 26.2 Å². The van der Waals surface area contributed by atoms with E-state index in [-0.39, 0.29) is 12.6 Å². The summed E-state index contributed by atoms with van der Waals surface area (Å²) in [4.78, 5) is 21.0. The van der Waals surface area contributed by atoms with E-state index in [0.717, 1.165) is 23.3 Å². The van der Waals surface area contributed by atoms with Gasteiger partial charge in [-0.3, -0.25) is 19.6 Å². The van der Waals surface area contributed by atoms with Gasteiger partial charge in [-0.05, 0) is 41.3 Å². The molecule has 0 saturated carbocycles. The Bertz CT molecular complexity index is 1280. The van der Waals surface area contributed by atoms with Crippen molar-refractivity contribution in [2.45, 2.75) is 44.0 Å². The van der Waals surface area contributed by atoms with Crippen LogP contribution < -0.4 is 0 Å². The molecule has 0 aliphatic carbocycles. The topological polar surface area (TPSA) is 65.9 Å². The first-order valence-corrected chi connectivity index (χ1v) is 12.9. The molecular weight excluding hydrogens is 552 g/mol. The molecule has 0 amide bonds. The van der Waals surface area contributed by atoms with Gasteiger partial charge in [0.05, 0.1) is 6.61 Å². The molecule has 4 rings (SSSR count). The van der Waals surface area contributed by atoms with Crippen LogP contribution >= 0.6 is 0 Å². The fourth-order valence-electron chi connectivity index (χ4n) is 4.85. The Morgan fingerprint density at radius 3 is 1.93 bits per heavy atom. The normalized spacial score (nSPS) is 17.4. The molecule has 0 bridgehead atoms. The van der Waals surface area contributed by atoms with Crippen molar-refractivity contribution < 1.29 is 41.0 Å². The fourth-order valence-corrected chi connectivity index (χ4v) is 4.85. The summed E-state index contributed by atoms with van der Waals surface area (Å²) in [6.07, 6.45) is -8.47. The minimum absolute atomic E-state index is 0.270. The number of piperazine rings is 1. The number of carbonyl (C=O) groups excluding carboxylic acids is 1. The molecule has 6 nitrogen and oxygen atoms in total. The summed E-state index contributed by atoms with van der Waals surface area (Å²) in [6, 6.07) is 13.9. The third kappa shape index (κ3) is 6.71. The van der Waals surface area contributed by atoms with Crippen molar-refractivity contribution in [1.82, 2.24) is 14.8 Å². The number of halogens is 6. The summed E-state index contributed by atoms with van der Waals surface area (Å²) in [6.45, 7) is 4.93. The lowest BCUT2D eigenvalue weighted by molar-refractivity contribution is -0.376. The van der Waals surface area contributed by atoms with Crippen LogP contribution in [0.5, 0.6) is 0 Å². The quantitative estimate of drug-likeness (QED) is 0.288. The van der Waals surface area contributed by atoms with E-state index in [2.05, 4.69) is 14.8 Å². The van der Waals surface area contributed by atoms with Crippen molar-refractivity contribution in [3.8, 4) is 11.1 Å². The van der Waals surface area contributed by atoms with E-state index >= 15 is 0 Å². The van der Waals surface area contributed by atoms with E-state index < -0.39 is 29.6 Å². The van der Waals surface area contributed by atoms with E-state index in [9.17, 15) is 36.2 Å². The van der Waals surface area contributed by atoms with Crippen LogP contribution in [-0.2, 0) is 28.2 Å². The van der Waals surface area contributed by atoms with E-state index in [1.807, 2.05) is 24.3 Å². The molecular formula is C29H29F6N3O3. The van der Waals surface area contributed by atoms with Gasteiger partial charge in [0, 0.05) is 50.7 Å². The lowest BCUT2D eigenvalue weighted by atomic mass is 9.90. The largest absolute Gasteiger partial charge is 0.465 e. The standard InChI is InChI=1S/C29H29F6N3O3/c1-2-41-26(39)25-19-37(15-16-38(25)18-21-11-13-36-14-12-21)17-20-3-5-22(6-4-20)23-7-9-24(10-8-23)27(40,28(30,31)32)29(33,34)35/h3-14,25,40H,2,15-19H2,1H3. The Hall–Kier alpha value is -3.48. The number of hydrogen-bond donors (Lipinski definition) is 1.